The lowest BCUT2D eigenvalue weighted by molar-refractivity contribution is -0.143. The number of nitrogens with zero attached hydrogens (tertiary/aromatic N) is 1. The van der Waals surface area contributed by atoms with E-state index in [0.717, 1.165) is 5.56 Å². The van der Waals surface area contributed by atoms with Crippen LogP contribution in [0.25, 0.3) is 0 Å². The van der Waals surface area contributed by atoms with Crippen LogP contribution >= 0.6 is 23.2 Å². The van der Waals surface area contributed by atoms with Crippen molar-refractivity contribution >= 4 is 40.7 Å². The predicted molar refractivity (Wildman–Crippen MR) is 94.0 cm³/mol. The first-order valence-electron chi connectivity index (χ1n) is 7.22. The molecule has 0 aliphatic heterocycles. The lowest BCUT2D eigenvalue weighted by atomic mass is 10.2. The number of hydrogen-bond donors (Lipinski definition) is 2. The van der Waals surface area contributed by atoms with Gasteiger partial charge in [0.1, 0.15) is 0 Å². The maximum Gasteiger partial charge on any atom is 0.313 e. The van der Waals surface area contributed by atoms with Crippen LogP contribution < -0.4 is 5.32 Å². The zero-order chi connectivity index (χ0) is 17.5. The highest BCUT2D eigenvalue weighted by atomic mass is 35.5. The van der Waals surface area contributed by atoms with Gasteiger partial charge < -0.3 is 15.3 Å². The third kappa shape index (κ3) is 4.71. The van der Waals surface area contributed by atoms with Crippen molar-refractivity contribution in [3.8, 4) is 0 Å². The third-order valence-corrected chi connectivity index (χ3v) is 3.90. The highest BCUT2D eigenvalue weighted by Gasteiger charge is 2.23. The van der Waals surface area contributed by atoms with Gasteiger partial charge in [0, 0.05) is 13.1 Å². The Labute approximate surface area is 149 Å². The summed E-state index contributed by atoms with van der Waals surface area (Å²) in [6.07, 6.45) is 0. The number of benzene rings is 2. The Morgan fingerprint density at radius 2 is 1.62 bits per heavy atom. The number of anilines is 1. The quantitative estimate of drug-likeness (QED) is 0.799. The van der Waals surface area contributed by atoms with Crippen molar-refractivity contribution in [1.29, 1.82) is 0 Å². The van der Waals surface area contributed by atoms with Gasteiger partial charge in [0.25, 0.3) is 0 Å². The molecule has 0 saturated carbocycles. The van der Waals surface area contributed by atoms with Crippen molar-refractivity contribution in [1.82, 2.24) is 4.90 Å². The molecule has 0 aliphatic rings. The molecule has 2 rings (SSSR count). The van der Waals surface area contributed by atoms with Gasteiger partial charge in [-0.05, 0) is 17.7 Å². The first-order chi connectivity index (χ1) is 11.5. The van der Waals surface area contributed by atoms with Gasteiger partial charge in [0.15, 0.2) is 0 Å². The number of amides is 2. The number of para-hydroxylation sites is 1. The van der Waals surface area contributed by atoms with Crippen molar-refractivity contribution in [3.63, 3.8) is 0 Å². The maximum absolute atomic E-state index is 12.4. The minimum Gasteiger partial charge on any atom is -0.395 e. The number of halogens is 2. The Balaban J connectivity index is 2.12. The standard InChI is InChI=1S/C17H16Cl2N2O3/c18-13-7-4-8-14(19)15(13)20-16(23)17(24)21(9-10-22)11-12-5-2-1-3-6-12/h1-8,22H,9-11H2,(H,20,23). The number of carbonyl (C=O) groups is 2. The molecule has 0 aliphatic carbocycles. The molecule has 0 heterocycles. The topological polar surface area (TPSA) is 69.6 Å². The van der Waals surface area contributed by atoms with E-state index in [-0.39, 0.29) is 35.4 Å². The molecule has 0 aromatic heterocycles. The summed E-state index contributed by atoms with van der Waals surface area (Å²) >= 11 is 12.0. The number of rotatable bonds is 5. The van der Waals surface area contributed by atoms with Crippen molar-refractivity contribution in [2.24, 2.45) is 0 Å². The monoisotopic (exact) mass is 366 g/mol. The summed E-state index contributed by atoms with van der Waals surface area (Å²) in [6, 6.07) is 13.9. The van der Waals surface area contributed by atoms with Gasteiger partial charge in [0.05, 0.1) is 22.3 Å². The van der Waals surface area contributed by atoms with E-state index in [1.807, 2.05) is 30.3 Å². The first-order valence-corrected chi connectivity index (χ1v) is 7.97. The first kappa shape index (κ1) is 18.3. The van der Waals surface area contributed by atoms with E-state index in [9.17, 15) is 9.59 Å². The average Bonchev–Trinajstić information content (AvgIpc) is 2.58. The Bertz CT molecular complexity index is 703. The molecule has 0 atom stereocenters. The van der Waals surface area contributed by atoms with Crippen LogP contribution in [-0.4, -0.2) is 35.0 Å². The number of aliphatic hydroxyl groups is 1. The Morgan fingerprint density at radius 1 is 1.00 bits per heavy atom. The fourth-order valence-corrected chi connectivity index (χ4v) is 2.60. The zero-order valence-electron chi connectivity index (χ0n) is 12.7. The second-order valence-corrected chi connectivity index (χ2v) is 5.80. The SMILES string of the molecule is O=C(Nc1c(Cl)cccc1Cl)C(=O)N(CCO)Cc1ccccc1. The van der Waals surface area contributed by atoms with E-state index in [0.29, 0.717) is 0 Å². The number of aliphatic hydroxyl groups excluding tert-OH is 1. The number of hydrogen-bond acceptors (Lipinski definition) is 3. The molecule has 0 radical (unpaired) electrons. The van der Waals surface area contributed by atoms with E-state index < -0.39 is 11.8 Å². The van der Waals surface area contributed by atoms with E-state index in [1.165, 1.54) is 4.90 Å². The molecule has 2 amide bonds. The van der Waals surface area contributed by atoms with Crippen molar-refractivity contribution in [3.05, 3.63) is 64.1 Å². The molecule has 5 nitrogen and oxygen atoms in total. The molecule has 24 heavy (non-hydrogen) atoms. The van der Waals surface area contributed by atoms with Gasteiger partial charge in [-0.2, -0.15) is 0 Å². The van der Waals surface area contributed by atoms with Crippen molar-refractivity contribution < 1.29 is 14.7 Å². The minimum absolute atomic E-state index is 0.0391. The summed E-state index contributed by atoms with van der Waals surface area (Å²) in [5, 5.41) is 12.1. The molecule has 126 valence electrons. The van der Waals surface area contributed by atoms with Gasteiger partial charge in [0.2, 0.25) is 0 Å². The molecule has 2 aromatic carbocycles. The van der Waals surface area contributed by atoms with Crippen LogP contribution in [0.3, 0.4) is 0 Å². The Morgan fingerprint density at radius 3 is 2.21 bits per heavy atom. The lowest BCUT2D eigenvalue weighted by Gasteiger charge is -2.21. The fraction of sp³-hybridized carbons (Fsp3) is 0.176. The van der Waals surface area contributed by atoms with Crippen molar-refractivity contribution in [2.75, 3.05) is 18.5 Å². The van der Waals surface area contributed by atoms with Gasteiger partial charge in [-0.15, -0.1) is 0 Å². The molecule has 0 saturated heterocycles. The van der Waals surface area contributed by atoms with E-state index in [1.54, 1.807) is 18.2 Å². The minimum atomic E-state index is -0.866. The predicted octanol–water partition coefficient (Wildman–Crippen LogP) is 2.95. The third-order valence-electron chi connectivity index (χ3n) is 3.27. The largest absolute Gasteiger partial charge is 0.395 e. The van der Waals surface area contributed by atoms with E-state index >= 15 is 0 Å². The molecule has 0 spiro atoms. The molecule has 0 fully saturated rings. The summed E-state index contributed by atoms with van der Waals surface area (Å²) in [5.74, 6) is -1.64. The smallest absolute Gasteiger partial charge is 0.313 e. The van der Waals surface area contributed by atoms with Gasteiger partial charge >= 0.3 is 11.8 Å². The average molecular weight is 367 g/mol. The Kier molecular flexibility index (Phi) is 6.61. The summed E-state index contributed by atoms with van der Waals surface area (Å²) in [7, 11) is 0. The normalized spacial score (nSPS) is 10.3. The summed E-state index contributed by atoms with van der Waals surface area (Å²) in [5.41, 5.74) is 1.03. The lowest BCUT2D eigenvalue weighted by Crippen LogP contribution is -2.40. The zero-order valence-corrected chi connectivity index (χ0v) is 14.2. The van der Waals surface area contributed by atoms with Crippen LogP contribution in [-0.2, 0) is 16.1 Å². The van der Waals surface area contributed by atoms with Gasteiger partial charge in [-0.1, -0.05) is 59.6 Å². The van der Waals surface area contributed by atoms with Crippen LogP contribution in [0, 0.1) is 0 Å². The second kappa shape index (κ2) is 8.68. The summed E-state index contributed by atoms with van der Waals surface area (Å²) < 4.78 is 0. The Hall–Kier alpha value is -2.08. The summed E-state index contributed by atoms with van der Waals surface area (Å²) in [4.78, 5) is 25.9. The van der Waals surface area contributed by atoms with Crippen molar-refractivity contribution in [2.45, 2.75) is 6.54 Å². The summed E-state index contributed by atoms with van der Waals surface area (Å²) in [6.45, 7) is 0.0000117. The van der Waals surface area contributed by atoms with Gasteiger partial charge in [-0.25, -0.2) is 0 Å². The molecular formula is C17H16Cl2N2O3. The molecule has 2 aromatic rings. The molecule has 2 N–H and O–H groups in total. The number of nitrogens with one attached hydrogen (secondary N) is 1. The van der Waals surface area contributed by atoms with Gasteiger partial charge in [-0.3, -0.25) is 9.59 Å². The maximum atomic E-state index is 12.4. The molecular weight excluding hydrogens is 351 g/mol. The van der Waals surface area contributed by atoms with Crippen LogP contribution in [0.15, 0.2) is 48.5 Å². The van der Waals surface area contributed by atoms with Crippen LogP contribution in [0.1, 0.15) is 5.56 Å². The highest BCUT2D eigenvalue weighted by molar-refractivity contribution is 6.44. The molecule has 0 unspecified atom stereocenters. The highest BCUT2D eigenvalue weighted by Crippen LogP contribution is 2.29. The van der Waals surface area contributed by atoms with Crippen LogP contribution in [0.4, 0.5) is 5.69 Å². The second-order valence-electron chi connectivity index (χ2n) is 4.99. The number of carbonyl (C=O) groups excluding carboxylic acids is 2. The van der Waals surface area contributed by atoms with Crippen LogP contribution in [0.2, 0.25) is 10.0 Å². The van der Waals surface area contributed by atoms with E-state index in [2.05, 4.69) is 5.32 Å². The van der Waals surface area contributed by atoms with Crippen LogP contribution in [0.5, 0.6) is 0 Å². The fourth-order valence-electron chi connectivity index (χ4n) is 2.10. The molecule has 0 bridgehead atoms. The van der Waals surface area contributed by atoms with E-state index in [4.69, 9.17) is 28.3 Å². The molecule has 7 heteroatoms.